The minimum Gasteiger partial charge on any atom is -0.477 e. The van der Waals surface area contributed by atoms with Crippen LogP contribution in [0.15, 0.2) is 48.4 Å². The average Bonchev–Trinajstić information content (AvgIpc) is 3.38. The maximum atomic E-state index is 11.2. The summed E-state index contributed by atoms with van der Waals surface area (Å²) in [5, 5.41) is 19.7. The number of aryl methyl sites for hydroxylation is 2. The molecule has 158 valence electrons. The molecule has 0 spiro atoms. The standard InChI is InChI=1S/C21H21N7O2S/c1-13-7-14(17-5-6-23-21(27-17)26-16-9-25-28(2)11-16)3-4-15(13)8-22-10-18-19(20(29)30)31-12-24-18/h3-7,9,11-12,22H,8,10H2,1-2H3,(H,29,30)(H,23,26,27). The van der Waals surface area contributed by atoms with E-state index in [-0.39, 0.29) is 4.88 Å². The normalized spacial score (nSPS) is 10.9. The molecule has 0 saturated heterocycles. The molecule has 3 heterocycles. The molecular formula is C21H21N7O2S. The van der Waals surface area contributed by atoms with Crippen LogP contribution in [-0.2, 0) is 20.1 Å². The van der Waals surface area contributed by atoms with Gasteiger partial charge in [0.25, 0.3) is 0 Å². The van der Waals surface area contributed by atoms with E-state index < -0.39 is 5.97 Å². The predicted octanol–water partition coefficient (Wildman–Crippen LogP) is 3.37. The lowest BCUT2D eigenvalue weighted by Gasteiger charge is -2.10. The second-order valence-electron chi connectivity index (χ2n) is 6.97. The highest BCUT2D eigenvalue weighted by Crippen LogP contribution is 2.22. The predicted molar refractivity (Wildman–Crippen MR) is 118 cm³/mol. The van der Waals surface area contributed by atoms with E-state index in [2.05, 4.69) is 36.8 Å². The number of rotatable bonds is 8. The zero-order chi connectivity index (χ0) is 21.8. The van der Waals surface area contributed by atoms with Crippen molar-refractivity contribution in [2.45, 2.75) is 20.0 Å². The summed E-state index contributed by atoms with van der Waals surface area (Å²) in [4.78, 5) is 24.5. The summed E-state index contributed by atoms with van der Waals surface area (Å²) in [6, 6.07) is 8.02. The third-order valence-corrected chi connectivity index (χ3v) is 5.56. The summed E-state index contributed by atoms with van der Waals surface area (Å²) >= 11 is 1.14. The molecule has 0 fully saturated rings. The highest BCUT2D eigenvalue weighted by atomic mass is 32.1. The number of aromatic carboxylic acids is 1. The Hall–Kier alpha value is -3.63. The van der Waals surface area contributed by atoms with Gasteiger partial charge in [-0.15, -0.1) is 11.3 Å². The third kappa shape index (κ3) is 4.93. The molecule has 10 heteroatoms. The maximum absolute atomic E-state index is 11.2. The van der Waals surface area contributed by atoms with E-state index >= 15 is 0 Å². The van der Waals surface area contributed by atoms with Crippen LogP contribution in [0.3, 0.4) is 0 Å². The number of nitrogens with one attached hydrogen (secondary N) is 2. The molecule has 4 aromatic rings. The highest BCUT2D eigenvalue weighted by molar-refractivity contribution is 7.11. The van der Waals surface area contributed by atoms with Gasteiger partial charge < -0.3 is 15.7 Å². The Labute approximate surface area is 182 Å². The number of anilines is 2. The van der Waals surface area contributed by atoms with Crippen molar-refractivity contribution < 1.29 is 9.90 Å². The van der Waals surface area contributed by atoms with E-state index in [4.69, 9.17) is 0 Å². The van der Waals surface area contributed by atoms with Crippen molar-refractivity contribution >= 4 is 28.9 Å². The Kier molecular flexibility index (Phi) is 6.01. The molecule has 31 heavy (non-hydrogen) atoms. The molecule has 3 N–H and O–H groups in total. The monoisotopic (exact) mass is 435 g/mol. The Morgan fingerprint density at radius 3 is 2.84 bits per heavy atom. The van der Waals surface area contributed by atoms with Crippen molar-refractivity contribution in [3.05, 3.63) is 70.1 Å². The topological polar surface area (TPSA) is 118 Å². The van der Waals surface area contributed by atoms with E-state index in [1.807, 2.05) is 38.4 Å². The number of hydrogen-bond acceptors (Lipinski definition) is 8. The van der Waals surface area contributed by atoms with Gasteiger partial charge in [-0.2, -0.15) is 5.10 Å². The quantitative estimate of drug-likeness (QED) is 0.386. The number of nitrogens with zero attached hydrogens (tertiary/aromatic N) is 5. The van der Waals surface area contributed by atoms with Gasteiger partial charge in [-0.1, -0.05) is 12.1 Å². The summed E-state index contributed by atoms with van der Waals surface area (Å²) in [7, 11) is 1.85. The van der Waals surface area contributed by atoms with Gasteiger partial charge in [0.2, 0.25) is 5.95 Å². The molecule has 0 aliphatic rings. The summed E-state index contributed by atoms with van der Waals surface area (Å²) in [6.45, 7) is 3.06. The third-order valence-electron chi connectivity index (χ3n) is 4.70. The van der Waals surface area contributed by atoms with E-state index in [1.165, 1.54) is 0 Å². The van der Waals surface area contributed by atoms with E-state index in [1.54, 1.807) is 22.6 Å². The second kappa shape index (κ2) is 9.02. The van der Waals surface area contributed by atoms with Crippen LogP contribution in [0.4, 0.5) is 11.6 Å². The number of benzene rings is 1. The van der Waals surface area contributed by atoms with Crippen LogP contribution in [-0.4, -0.2) is 35.8 Å². The number of hydrogen-bond donors (Lipinski definition) is 3. The van der Waals surface area contributed by atoms with Crippen molar-refractivity contribution in [1.29, 1.82) is 0 Å². The lowest BCUT2D eigenvalue weighted by atomic mass is 10.0. The summed E-state index contributed by atoms with van der Waals surface area (Å²) in [5.41, 5.74) is 6.98. The first-order valence-electron chi connectivity index (χ1n) is 9.54. The number of carbonyl (C=O) groups is 1. The first-order chi connectivity index (χ1) is 15.0. The molecule has 1 aromatic carbocycles. The minimum atomic E-state index is -0.943. The summed E-state index contributed by atoms with van der Waals surface area (Å²) in [5.74, 6) is -0.437. The van der Waals surface area contributed by atoms with Gasteiger partial charge in [-0.25, -0.2) is 19.7 Å². The molecule has 0 unspecified atom stereocenters. The number of thiazole rings is 1. The van der Waals surface area contributed by atoms with Crippen LogP contribution in [0.5, 0.6) is 0 Å². The molecule has 0 saturated carbocycles. The molecule has 0 atom stereocenters. The molecule has 3 aromatic heterocycles. The van der Waals surface area contributed by atoms with Crippen LogP contribution < -0.4 is 10.6 Å². The van der Waals surface area contributed by atoms with Crippen LogP contribution in [0.2, 0.25) is 0 Å². The molecular weight excluding hydrogens is 414 g/mol. The summed E-state index contributed by atoms with van der Waals surface area (Å²) in [6.07, 6.45) is 5.29. The zero-order valence-electron chi connectivity index (χ0n) is 17.0. The van der Waals surface area contributed by atoms with Crippen molar-refractivity contribution in [3.8, 4) is 11.3 Å². The number of carboxylic acids is 1. The maximum Gasteiger partial charge on any atom is 0.347 e. The van der Waals surface area contributed by atoms with Gasteiger partial charge >= 0.3 is 5.97 Å². The van der Waals surface area contributed by atoms with Gasteiger partial charge in [0.15, 0.2) is 0 Å². The molecule has 0 bridgehead atoms. The smallest absolute Gasteiger partial charge is 0.347 e. The van der Waals surface area contributed by atoms with Crippen LogP contribution in [0.25, 0.3) is 11.3 Å². The van der Waals surface area contributed by atoms with Gasteiger partial charge in [0.05, 0.1) is 28.8 Å². The molecule has 0 amide bonds. The lowest BCUT2D eigenvalue weighted by molar-refractivity contribution is 0.0700. The molecule has 0 radical (unpaired) electrons. The molecule has 9 nitrogen and oxygen atoms in total. The van der Waals surface area contributed by atoms with Gasteiger partial charge in [-0.05, 0) is 30.2 Å². The minimum absolute atomic E-state index is 0.277. The van der Waals surface area contributed by atoms with Crippen molar-refractivity contribution in [2.24, 2.45) is 7.05 Å². The first kappa shape index (κ1) is 20.6. The van der Waals surface area contributed by atoms with Gasteiger partial charge in [0, 0.05) is 38.1 Å². The van der Waals surface area contributed by atoms with E-state index in [0.717, 1.165) is 39.4 Å². The SMILES string of the molecule is Cc1cc(-c2ccnc(Nc3cnn(C)c3)n2)ccc1CNCc1ncsc1C(=O)O. The Balaban J connectivity index is 1.43. The lowest BCUT2D eigenvalue weighted by Crippen LogP contribution is -2.15. The van der Waals surface area contributed by atoms with Gasteiger partial charge in [0.1, 0.15) is 4.88 Å². The zero-order valence-corrected chi connectivity index (χ0v) is 17.8. The largest absolute Gasteiger partial charge is 0.477 e. The van der Waals surface area contributed by atoms with Gasteiger partial charge in [-0.3, -0.25) is 4.68 Å². The Bertz CT molecular complexity index is 1220. The second-order valence-corrected chi connectivity index (χ2v) is 7.83. The van der Waals surface area contributed by atoms with Crippen LogP contribution in [0, 0.1) is 6.92 Å². The van der Waals surface area contributed by atoms with Crippen molar-refractivity contribution in [2.75, 3.05) is 5.32 Å². The first-order valence-corrected chi connectivity index (χ1v) is 10.4. The average molecular weight is 436 g/mol. The fraction of sp³-hybridized carbons (Fsp3) is 0.190. The highest BCUT2D eigenvalue weighted by Gasteiger charge is 2.13. The molecule has 0 aliphatic carbocycles. The fourth-order valence-corrected chi connectivity index (χ4v) is 3.78. The van der Waals surface area contributed by atoms with Crippen LogP contribution in [0.1, 0.15) is 26.5 Å². The summed E-state index contributed by atoms with van der Waals surface area (Å²) < 4.78 is 1.71. The fourth-order valence-electron chi connectivity index (χ4n) is 3.13. The van der Waals surface area contributed by atoms with E-state index in [9.17, 15) is 9.90 Å². The molecule has 0 aliphatic heterocycles. The number of carboxylic acid groups (broad SMARTS) is 1. The van der Waals surface area contributed by atoms with Crippen molar-refractivity contribution in [3.63, 3.8) is 0 Å². The number of aromatic nitrogens is 5. The van der Waals surface area contributed by atoms with Crippen LogP contribution >= 0.6 is 11.3 Å². The van der Waals surface area contributed by atoms with Crippen molar-refractivity contribution in [1.82, 2.24) is 30.0 Å². The Morgan fingerprint density at radius 2 is 2.10 bits per heavy atom. The Morgan fingerprint density at radius 1 is 1.23 bits per heavy atom. The van der Waals surface area contributed by atoms with E-state index in [0.29, 0.717) is 24.7 Å². The molecule has 4 rings (SSSR count).